The van der Waals surface area contributed by atoms with Crippen LogP contribution in [0.2, 0.25) is 0 Å². The Kier molecular flexibility index (Phi) is 3.34. The van der Waals surface area contributed by atoms with Gasteiger partial charge in [0.2, 0.25) is 0 Å². The largest absolute Gasteiger partial charge is 0.392 e. The SMILES string of the molecule is O=C(Nc1cccc(CO)c1)c1cccs1. The number of hydrogen-bond acceptors (Lipinski definition) is 3. The molecule has 0 radical (unpaired) electrons. The highest BCUT2D eigenvalue weighted by molar-refractivity contribution is 7.12. The van der Waals surface area contributed by atoms with Crippen LogP contribution in [0, 0.1) is 0 Å². The van der Waals surface area contributed by atoms with E-state index in [1.165, 1.54) is 11.3 Å². The van der Waals surface area contributed by atoms with Crippen LogP contribution in [0.4, 0.5) is 5.69 Å². The number of carbonyl (C=O) groups excluding carboxylic acids is 1. The van der Waals surface area contributed by atoms with Crippen molar-refractivity contribution in [2.75, 3.05) is 5.32 Å². The lowest BCUT2D eigenvalue weighted by Gasteiger charge is -2.04. The van der Waals surface area contributed by atoms with Crippen molar-refractivity contribution in [1.82, 2.24) is 0 Å². The van der Waals surface area contributed by atoms with Crippen molar-refractivity contribution in [3.63, 3.8) is 0 Å². The fourth-order valence-corrected chi connectivity index (χ4v) is 1.97. The molecule has 82 valence electrons. The van der Waals surface area contributed by atoms with E-state index in [4.69, 9.17) is 5.11 Å². The van der Waals surface area contributed by atoms with Gasteiger partial charge in [-0.1, -0.05) is 18.2 Å². The van der Waals surface area contributed by atoms with Gasteiger partial charge in [0.05, 0.1) is 11.5 Å². The van der Waals surface area contributed by atoms with Gasteiger partial charge in [0.15, 0.2) is 0 Å². The molecule has 1 aromatic heterocycles. The third kappa shape index (κ3) is 2.48. The minimum absolute atomic E-state index is 0.0251. The third-order valence-electron chi connectivity index (χ3n) is 2.11. The molecule has 0 aliphatic rings. The Balaban J connectivity index is 2.12. The smallest absolute Gasteiger partial charge is 0.265 e. The van der Waals surface area contributed by atoms with Gasteiger partial charge in [-0.25, -0.2) is 0 Å². The van der Waals surface area contributed by atoms with Crippen LogP contribution in [0.15, 0.2) is 41.8 Å². The molecule has 4 heteroatoms. The van der Waals surface area contributed by atoms with E-state index >= 15 is 0 Å². The number of carbonyl (C=O) groups is 1. The quantitative estimate of drug-likeness (QED) is 0.855. The molecule has 1 aromatic carbocycles. The summed E-state index contributed by atoms with van der Waals surface area (Å²) in [5.74, 6) is -0.120. The van der Waals surface area contributed by atoms with Gasteiger partial charge in [-0.05, 0) is 29.1 Å². The first-order valence-electron chi connectivity index (χ1n) is 4.84. The average molecular weight is 233 g/mol. The maximum atomic E-state index is 11.7. The van der Waals surface area contributed by atoms with Crippen molar-refractivity contribution < 1.29 is 9.90 Å². The summed E-state index contributed by atoms with van der Waals surface area (Å²) in [5.41, 5.74) is 1.48. The summed E-state index contributed by atoms with van der Waals surface area (Å²) in [6.45, 7) is -0.0251. The van der Waals surface area contributed by atoms with Gasteiger partial charge in [-0.2, -0.15) is 0 Å². The third-order valence-corrected chi connectivity index (χ3v) is 2.98. The van der Waals surface area contributed by atoms with Gasteiger partial charge in [-0.3, -0.25) is 4.79 Å². The molecule has 2 rings (SSSR count). The lowest BCUT2D eigenvalue weighted by molar-refractivity contribution is 0.103. The van der Waals surface area contributed by atoms with Crippen LogP contribution in [0.1, 0.15) is 15.2 Å². The van der Waals surface area contributed by atoms with Crippen molar-refractivity contribution in [1.29, 1.82) is 0 Å². The Labute approximate surface area is 97.4 Å². The number of thiophene rings is 1. The van der Waals surface area contributed by atoms with Gasteiger partial charge in [-0.15, -0.1) is 11.3 Å². The molecule has 2 N–H and O–H groups in total. The van der Waals surface area contributed by atoms with Crippen LogP contribution in [0.3, 0.4) is 0 Å². The van der Waals surface area contributed by atoms with Gasteiger partial charge in [0.25, 0.3) is 5.91 Å². The Hall–Kier alpha value is -1.65. The molecule has 0 unspecified atom stereocenters. The Morgan fingerprint density at radius 2 is 2.19 bits per heavy atom. The van der Waals surface area contributed by atoms with Crippen LogP contribution >= 0.6 is 11.3 Å². The van der Waals surface area contributed by atoms with Crippen LogP contribution < -0.4 is 5.32 Å². The topological polar surface area (TPSA) is 49.3 Å². The number of amides is 1. The first kappa shape index (κ1) is 10.9. The summed E-state index contributed by atoms with van der Waals surface area (Å²) in [5, 5.41) is 13.6. The minimum atomic E-state index is -0.120. The predicted octanol–water partition coefficient (Wildman–Crippen LogP) is 2.49. The summed E-state index contributed by atoms with van der Waals surface area (Å²) in [6.07, 6.45) is 0. The second-order valence-corrected chi connectivity index (χ2v) is 4.24. The summed E-state index contributed by atoms with van der Waals surface area (Å²) in [4.78, 5) is 12.4. The number of aliphatic hydroxyl groups is 1. The van der Waals surface area contributed by atoms with Crippen LogP contribution in [0.25, 0.3) is 0 Å². The van der Waals surface area contributed by atoms with Crippen LogP contribution in [-0.2, 0) is 6.61 Å². The molecular formula is C12H11NO2S. The molecule has 0 fully saturated rings. The lowest BCUT2D eigenvalue weighted by Crippen LogP contribution is -2.10. The summed E-state index contributed by atoms with van der Waals surface area (Å²) in [7, 11) is 0. The highest BCUT2D eigenvalue weighted by Gasteiger charge is 2.06. The van der Waals surface area contributed by atoms with E-state index in [1.807, 2.05) is 11.4 Å². The monoisotopic (exact) mass is 233 g/mol. The zero-order chi connectivity index (χ0) is 11.4. The molecule has 0 saturated carbocycles. The molecule has 0 bridgehead atoms. The standard InChI is InChI=1S/C12H11NO2S/c14-8-9-3-1-4-10(7-9)13-12(15)11-5-2-6-16-11/h1-7,14H,8H2,(H,13,15). The molecule has 1 heterocycles. The average Bonchev–Trinajstić information content (AvgIpc) is 2.83. The second kappa shape index (κ2) is 4.92. The molecule has 16 heavy (non-hydrogen) atoms. The number of benzene rings is 1. The zero-order valence-corrected chi connectivity index (χ0v) is 9.33. The summed E-state index contributed by atoms with van der Waals surface area (Å²) in [6, 6.07) is 10.8. The Morgan fingerprint density at radius 3 is 2.88 bits per heavy atom. The van der Waals surface area contributed by atoms with Crippen LogP contribution in [0.5, 0.6) is 0 Å². The van der Waals surface area contributed by atoms with E-state index < -0.39 is 0 Å². The number of nitrogens with one attached hydrogen (secondary N) is 1. The number of rotatable bonds is 3. The van der Waals surface area contributed by atoms with E-state index in [9.17, 15) is 4.79 Å². The maximum Gasteiger partial charge on any atom is 0.265 e. The molecular weight excluding hydrogens is 222 g/mol. The second-order valence-electron chi connectivity index (χ2n) is 3.29. The summed E-state index contributed by atoms with van der Waals surface area (Å²) >= 11 is 1.40. The van der Waals surface area contributed by atoms with E-state index in [0.717, 1.165) is 5.56 Å². The predicted molar refractivity (Wildman–Crippen MR) is 64.6 cm³/mol. The first-order valence-corrected chi connectivity index (χ1v) is 5.72. The molecule has 3 nitrogen and oxygen atoms in total. The molecule has 1 amide bonds. The molecule has 2 aromatic rings. The minimum Gasteiger partial charge on any atom is -0.392 e. The van der Waals surface area contributed by atoms with E-state index in [0.29, 0.717) is 10.6 Å². The Morgan fingerprint density at radius 1 is 1.31 bits per heavy atom. The number of hydrogen-bond donors (Lipinski definition) is 2. The van der Waals surface area contributed by atoms with E-state index in [-0.39, 0.29) is 12.5 Å². The molecule has 0 aliphatic carbocycles. The lowest BCUT2D eigenvalue weighted by atomic mass is 10.2. The van der Waals surface area contributed by atoms with Crippen molar-refractivity contribution in [2.45, 2.75) is 6.61 Å². The molecule has 0 saturated heterocycles. The van der Waals surface area contributed by atoms with Gasteiger partial charge in [0, 0.05) is 5.69 Å². The zero-order valence-electron chi connectivity index (χ0n) is 8.51. The van der Waals surface area contributed by atoms with E-state index in [2.05, 4.69) is 5.32 Å². The van der Waals surface area contributed by atoms with Crippen molar-refractivity contribution in [3.05, 3.63) is 52.2 Å². The Bertz CT molecular complexity index is 480. The fraction of sp³-hybridized carbons (Fsp3) is 0.0833. The van der Waals surface area contributed by atoms with Gasteiger partial charge < -0.3 is 10.4 Å². The van der Waals surface area contributed by atoms with Crippen LogP contribution in [-0.4, -0.2) is 11.0 Å². The highest BCUT2D eigenvalue weighted by Crippen LogP contribution is 2.14. The van der Waals surface area contributed by atoms with Crippen molar-refractivity contribution >= 4 is 22.9 Å². The molecule has 0 aliphatic heterocycles. The maximum absolute atomic E-state index is 11.7. The van der Waals surface area contributed by atoms with Crippen molar-refractivity contribution in [2.24, 2.45) is 0 Å². The number of aliphatic hydroxyl groups excluding tert-OH is 1. The van der Waals surface area contributed by atoms with E-state index in [1.54, 1.807) is 30.3 Å². The normalized spacial score (nSPS) is 10.1. The van der Waals surface area contributed by atoms with Crippen molar-refractivity contribution in [3.8, 4) is 0 Å². The highest BCUT2D eigenvalue weighted by atomic mass is 32.1. The van der Waals surface area contributed by atoms with Gasteiger partial charge >= 0.3 is 0 Å². The fourth-order valence-electron chi connectivity index (χ4n) is 1.35. The molecule has 0 atom stereocenters. The first-order chi connectivity index (χ1) is 7.79. The molecule has 0 spiro atoms. The van der Waals surface area contributed by atoms with Gasteiger partial charge in [0.1, 0.15) is 0 Å². The number of anilines is 1. The summed E-state index contributed by atoms with van der Waals surface area (Å²) < 4.78 is 0.